The second-order valence-corrected chi connectivity index (χ2v) is 6.66. The summed E-state index contributed by atoms with van der Waals surface area (Å²) < 4.78 is 0. The van der Waals surface area contributed by atoms with Gasteiger partial charge in [0.25, 0.3) is 0 Å². The second-order valence-electron chi connectivity index (χ2n) is 6.66. The summed E-state index contributed by atoms with van der Waals surface area (Å²) in [4.78, 5) is 0. The molecule has 0 heterocycles. The van der Waals surface area contributed by atoms with Crippen LogP contribution in [-0.4, -0.2) is 0 Å². The van der Waals surface area contributed by atoms with Crippen LogP contribution in [0.5, 0.6) is 0 Å². The summed E-state index contributed by atoms with van der Waals surface area (Å²) in [5.74, 6) is 7.42. The van der Waals surface area contributed by atoms with Crippen LogP contribution in [-0.2, 0) is 6.42 Å². The molecule has 122 valence electrons. The Hall–Kier alpha value is -2.26. The molecule has 0 bridgehead atoms. The maximum atomic E-state index is 3.28. The van der Waals surface area contributed by atoms with E-state index in [0.29, 0.717) is 0 Å². The summed E-state index contributed by atoms with van der Waals surface area (Å²) in [6.45, 7) is 4.47. The van der Waals surface area contributed by atoms with Crippen molar-refractivity contribution in [2.75, 3.05) is 0 Å². The van der Waals surface area contributed by atoms with Gasteiger partial charge in [0.2, 0.25) is 0 Å². The second kappa shape index (κ2) is 8.02. The molecule has 0 spiro atoms. The van der Waals surface area contributed by atoms with Crippen molar-refractivity contribution < 1.29 is 0 Å². The Morgan fingerprint density at radius 3 is 2.00 bits per heavy atom. The van der Waals surface area contributed by atoms with Crippen molar-refractivity contribution in [3.05, 3.63) is 76.9 Å². The van der Waals surface area contributed by atoms with Gasteiger partial charge in [0, 0.05) is 11.1 Å². The fourth-order valence-electron chi connectivity index (χ4n) is 3.26. The highest BCUT2D eigenvalue weighted by Crippen LogP contribution is 2.31. The summed E-state index contributed by atoms with van der Waals surface area (Å²) in [6, 6.07) is 17.3. The molecule has 0 aliphatic heterocycles. The van der Waals surface area contributed by atoms with Crippen LogP contribution in [0, 0.1) is 17.8 Å². The van der Waals surface area contributed by atoms with E-state index in [0.717, 1.165) is 23.5 Å². The molecule has 24 heavy (non-hydrogen) atoms. The van der Waals surface area contributed by atoms with E-state index in [1.54, 1.807) is 0 Å². The lowest BCUT2D eigenvalue weighted by Crippen LogP contribution is -2.03. The molecule has 0 saturated carbocycles. The van der Waals surface area contributed by atoms with Gasteiger partial charge in [-0.05, 0) is 72.6 Å². The number of benzene rings is 2. The molecule has 1 unspecified atom stereocenters. The number of rotatable bonds is 3. The zero-order valence-corrected chi connectivity index (χ0v) is 14.8. The molecule has 1 aliphatic carbocycles. The molecule has 0 aromatic heterocycles. The van der Waals surface area contributed by atoms with E-state index in [1.807, 2.05) is 0 Å². The fraction of sp³-hybridized carbons (Fsp3) is 0.333. The number of hydrogen-bond donors (Lipinski definition) is 0. The quantitative estimate of drug-likeness (QED) is 0.588. The van der Waals surface area contributed by atoms with Gasteiger partial charge in [-0.3, -0.25) is 0 Å². The van der Waals surface area contributed by atoms with Crippen molar-refractivity contribution >= 4 is 5.57 Å². The van der Waals surface area contributed by atoms with Crippen molar-refractivity contribution in [2.45, 2.75) is 46.0 Å². The van der Waals surface area contributed by atoms with Crippen molar-refractivity contribution in [1.29, 1.82) is 0 Å². The van der Waals surface area contributed by atoms with Gasteiger partial charge < -0.3 is 0 Å². The standard InChI is InChI=1S/C24H26/c1-3-19-5-7-21(8-6-19)9-10-22-13-17-24(18-14-22)23-15-11-20(4-2)12-16-23/h5-8,13-15,17-18,20H,3-4,11-12,16H2,1-2H3. The Bertz CT molecular complexity index is 748. The van der Waals surface area contributed by atoms with Crippen LogP contribution < -0.4 is 0 Å². The third kappa shape index (κ3) is 4.18. The van der Waals surface area contributed by atoms with Crippen LogP contribution in [0.4, 0.5) is 0 Å². The summed E-state index contributed by atoms with van der Waals surface area (Å²) in [5.41, 5.74) is 6.39. The van der Waals surface area contributed by atoms with E-state index < -0.39 is 0 Å². The SMILES string of the molecule is CCc1ccc(C#Cc2ccc(C3=CCC(CC)CC3)cc2)cc1. The molecular formula is C24H26. The first kappa shape index (κ1) is 16.6. The Labute approximate surface area is 146 Å². The molecule has 0 radical (unpaired) electrons. The van der Waals surface area contributed by atoms with Crippen LogP contribution in [0.3, 0.4) is 0 Å². The summed E-state index contributed by atoms with van der Waals surface area (Å²) >= 11 is 0. The lowest BCUT2D eigenvalue weighted by Gasteiger charge is -2.20. The lowest BCUT2D eigenvalue weighted by atomic mass is 9.85. The Balaban J connectivity index is 1.69. The molecule has 0 nitrogen and oxygen atoms in total. The summed E-state index contributed by atoms with van der Waals surface area (Å²) in [7, 11) is 0. The first-order chi connectivity index (χ1) is 11.8. The number of aryl methyl sites for hydroxylation is 1. The molecule has 1 atom stereocenters. The highest BCUT2D eigenvalue weighted by atomic mass is 14.2. The van der Waals surface area contributed by atoms with Crippen molar-refractivity contribution in [3.63, 3.8) is 0 Å². The first-order valence-corrected chi connectivity index (χ1v) is 9.19. The van der Waals surface area contributed by atoms with E-state index in [1.165, 1.54) is 42.4 Å². The molecule has 2 aromatic carbocycles. The van der Waals surface area contributed by atoms with Crippen molar-refractivity contribution in [2.24, 2.45) is 5.92 Å². The van der Waals surface area contributed by atoms with Crippen LogP contribution in [0.15, 0.2) is 54.6 Å². The highest BCUT2D eigenvalue weighted by molar-refractivity contribution is 5.67. The molecule has 3 rings (SSSR count). The third-order valence-corrected chi connectivity index (χ3v) is 5.07. The smallest absolute Gasteiger partial charge is 0.0249 e. The zero-order chi connectivity index (χ0) is 16.8. The molecule has 0 saturated heterocycles. The van der Waals surface area contributed by atoms with Crippen LogP contribution >= 0.6 is 0 Å². The van der Waals surface area contributed by atoms with Gasteiger partial charge in [0.1, 0.15) is 0 Å². The maximum absolute atomic E-state index is 3.28. The average molecular weight is 314 g/mol. The fourth-order valence-corrected chi connectivity index (χ4v) is 3.26. The van der Waals surface area contributed by atoms with Crippen molar-refractivity contribution in [1.82, 2.24) is 0 Å². The molecule has 0 heteroatoms. The third-order valence-electron chi connectivity index (χ3n) is 5.07. The topological polar surface area (TPSA) is 0 Å². The highest BCUT2D eigenvalue weighted by Gasteiger charge is 2.13. The van der Waals surface area contributed by atoms with E-state index in [9.17, 15) is 0 Å². The van der Waals surface area contributed by atoms with E-state index in [-0.39, 0.29) is 0 Å². The van der Waals surface area contributed by atoms with E-state index in [4.69, 9.17) is 0 Å². The van der Waals surface area contributed by atoms with Crippen LogP contribution in [0.2, 0.25) is 0 Å². The lowest BCUT2D eigenvalue weighted by molar-refractivity contribution is 0.471. The largest absolute Gasteiger partial charge is 0.0804 e. The molecule has 2 aromatic rings. The summed E-state index contributed by atoms with van der Waals surface area (Å²) in [6.07, 6.45) is 8.60. The van der Waals surface area contributed by atoms with Crippen molar-refractivity contribution in [3.8, 4) is 11.8 Å². The maximum Gasteiger partial charge on any atom is 0.0249 e. The first-order valence-electron chi connectivity index (χ1n) is 9.19. The van der Waals surface area contributed by atoms with Crippen LogP contribution in [0.1, 0.15) is 61.8 Å². The minimum Gasteiger partial charge on any atom is -0.0804 e. The Kier molecular flexibility index (Phi) is 5.55. The van der Waals surface area contributed by atoms with Gasteiger partial charge in [0.15, 0.2) is 0 Å². The minimum atomic E-state index is 0.887. The zero-order valence-electron chi connectivity index (χ0n) is 14.8. The molecule has 0 amide bonds. The van der Waals surface area contributed by atoms with Gasteiger partial charge >= 0.3 is 0 Å². The van der Waals surface area contributed by atoms with Gasteiger partial charge in [-0.15, -0.1) is 0 Å². The number of hydrogen-bond acceptors (Lipinski definition) is 0. The van der Waals surface area contributed by atoms with Crippen LogP contribution in [0.25, 0.3) is 5.57 Å². The molecular weight excluding hydrogens is 288 g/mol. The van der Waals surface area contributed by atoms with Gasteiger partial charge in [-0.2, -0.15) is 0 Å². The summed E-state index contributed by atoms with van der Waals surface area (Å²) in [5, 5.41) is 0. The Morgan fingerprint density at radius 2 is 1.50 bits per heavy atom. The minimum absolute atomic E-state index is 0.887. The van der Waals surface area contributed by atoms with E-state index >= 15 is 0 Å². The van der Waals surface area contributed by atoms with Gasteiger partial charge in [-0.25, -0.2) is 0 Å². The predicted octanol–water partition coefficient (Wildman–Crippen LogP) is 6.24. The molecule has 0 fully saturated rings. The predicted molar refractivity (Wildman–Crippen MR) is 104 cm³/mol. The molecule has 0 N–H and O–H groups in total. The number of allylic oxidation sites excluding steroid dienone is 2. The van der Waals surface area contributed by atoms with Gasteiger partial charge in [0.05, 0.1) is 0 Å². The average Bonchev–Trinajstić information content (AvgIpc) is 2.67. The van der Waals surface area contributed by atoms with E-state index in [2.05, 4.69) is 80.3 Å². The molecule has 1 aliphatic rings. The Morgan fingerprint density at radius 1 is 0.875 bits per heavy atom. The monoisotopic (exact) mass is 314 g/mol. The van der Waals surface area contributed by atoms with Gasteiger partial charge in [-0.1, -0.05) is 62.5 Å². The normalized spacial score (nSPS) is 16.9.